The molecule has 0 saturated carbocycles. The summed E-state index contributed by atoms with van der Waals surface area (Å²) in [5.41, 5.74) is 1.82. The number of nitrogens with one attached hydrogen (secondary N) is 1. The number of hydrogen-bond donors (Lipinski definition) is 1. The standard InChI is InChI=1S/C14H15ClN4O2S/c1-19(6-5-18-22(2,20)21)14-10(8-16)9-17-13-4-3-11(15)7-12(13)14/h3-4,7,9,18H,5-6H2,1-2H3. The fourth-order valence-electron chi connectivity index (χ4n) is 2.15. The quantitative estimate of drug-likeness (QED) is 0.897. The van der Waals surface area contributed by atoms with Crippen molar-refractivity contribution in [1.82, 2.24) is 9.71 Å². The van der Waals surface area contributed by atoms with Gasteiger partial charge in [0, 0.05) is 36.7 Å². The Hall–Kier alpha value is -1.88. The summed E-state index contributed by atoms with van der Waals surface area (Å²) < 4.78 is 24.7. The van der Waals surface area contributed by atoms with Gasteiger partial charge in [-0.25, -0.2) is 13.1 Å². The van der Waals surface area contributed by atoms with Crippen molar-refractivity contribution in [2.24, 2.45) is 0 Å². The normalized spacial score (nSPS) is 11.4. The second-order valence-electron chi connectivity index (χ2n) is 4.88. The minimum Gasteiger partial charge on any atom is -0.372 e. The second-order valence-corrected chi connectivity index (χ2v) is 7.15. The zero-order chi connectivity index (χ0) is 16.3. The highest BCUT2D eigenvalue weighted by molar-refractivity contribution is 7.88. The van der Waals surface area contributed by atoms with Crippen molar-refractivity contribution in [3.05, 3.63) is 35.0 Å². The summed E-state index contributed by atoms with van der Waals surface area (Å²) in [7, 11) is -1.45. The minimum absolute atomic E-state index is 0.241. The SMILES string of the molecule is CN(CCNS(C)(=O)=O)c1c(C#N)cnc2ccc(Cl)cc12. The summed E-state index contributed by atoms with van der Waals surface area (Å²) in [6.07, 6.45) is 2.61. The number of benzene rings is 1. The molecule has 0 aliphatic carbocycles. The second kappa shape index (κ2) is 6.48. The van der Waals surface area contributed by atoms with Crippen LogP contribution in [0.25, 0.3) is 10.9 Å². The Balaban J connectivity index is 2.39. The maximum absolute atomic E-state index is 11.1. The fourth-order valence-corrected chi connectivity index (χ4v) is 2.79. The number of fused-ring (bicyclic) bond motifs is 1. The molecule has 0 saturated heterocycles. The van der Waals surface area contributed by atoms with E-state index in [4.69, 9.17) is 11.6 Å². The lowest BCUT2D eigenvalue weighted by molar-refractivity contribution is 0.588. The van der Waals surface area contributed by atoms with Crippen molar-refractivity contribution in [3.63, 3.8) is 0 Å². The van der Waals surface area contributed by atoms with E-state index < -0.39 is 10.0 Å². The third-order valence-corrected chi connectivity index (χ3v) is 4.08. The van der Waals surface area contributed by atoms with Crippen molar-refractivity contribution in [1.29, 1.82) is 5.26 Å². The van der Waals surface area contributed by atoms with Crippen LogP contribution in [-0.2, 0) is 10.0 Å². The van der Waals surface area contributed by atoms with Crippen LogP contribution in [0.2, 0.25) is 5.02 Å². The van der Waals surface area contributed by atoms with Gasteiger partial charge in [-0.05, 0) is 18.2 Å². The molecule has 1 heterocycles. The van der Waals surface area contributed by atoms with E-state index in [1.165, 1.54) is 6.20 Å². The monoisotopic (exact) mass is 338 g/mol. The molecule has 116 valence electrons. The van der Waals surface area contributed by atoms with Crippen molar-refractivity contribution in [2.75, 3.05) is 31.3 Å². The molecule has 0 atom stereocenters. The minimum atomic E-state index is -3.24. The highest BCUT2D eigenvalue weighted by atomic mass is 35.5. The maximum atomic E-state index is 11.1. The molecule has 1 N–H and O–H groups in total. The molecule has 22 heavy (non-hydrogen) atoms. The van der Waals surface area contributed by atoms with Crippen molar-refractivity contribution < 1.29 is 8.42 Å². The average Bonchev–Trinajstić information content (AvgIpc) is 2.44. The fraction of sp³-hybridized carbons (Fsp3) is 0.286. The number of halogens is 1. The zero-order valence-corrected chi connectivity index (χ0v) is 13.7. The van der Waals surface area contributed by atoms with Gasteiger partial charge < -0.3 is 4.90 Å². The lowest BCUT2D eigenvalue weighted by Crippen LogP contribution is -2.32. The Morgan fingerprint density at radius 3 is 2.82 bits per heavy atom. The van der Waals surface area contributed by atoms with Crippen molar-refractivity contribution in [2.45, 2.75) is 0 Å². The number of sulfonamides is 1. The highest BCUT2D eigenvalue weighted by Gasteiger charge is 2.14. The van der Waals surface area contributed by atoms with E-state index in [1.54, 1.807) is 25.2 Å². The van der Waals surface area contributed by atoms with Gasteiger partial charge in [0.15, 0.2) is 0 Å². The number of hydrogen-bond acceptors (Lipinski definition) is 5. The van der Waals surface area contributed by atoms with Gasteiger partial charge in [-0.1, -0.05) is 11.6 Å². The Bertz CT molecular complexity index is 846. The molecule has 1 aromatic heterocycles. The molecular formula is C14H15ClN4O2S. The van der Waals surface area contributed by atoms with E-state index in [2.05, 4.69) is 15.8 Å². The smallest absolute Gasteiger partial charge is 0.208 e. The van der Waals surface area contributed by atoms with Gasteiger partial charge in [0.25, 0.3) is 0 Å². The number of anilines is 1. The van der Waals surface area contributed by atoms with E-state index >= 15 is 0 Å². The van der Waals surface area contributed by atoms with E-state index in [-0.39, 0.29) is 6.54 Å². The first-order chi connectivity index (χ1) is 10.3. The lowest BCUT2D eigenvalue weighted by Gasteiger charge is -2.22. The molecule has 1 aromatic carbocycles. The molecule has 0 fully saturated rings. The molecule has 2 aromatic rings. The number of likely N-dealkylation sites (N-methyl/N-ethyl adjacent to an activating group) is 1. The van der Waals surface area contributed by atoms with Crippen LogP contribution in [0.4, 0.5) is 5.69 Å². The van der Waals surface area contributed by atoms with E-state index in [1.807, 2.05) is 4.90 Å². The summed E-state index contributed by atoms with van der Waals surface area (Å²) in [5.74, 6) is 0. The number of nitrogens with zero attached hydrogens (tertiary/aromatic N) is 3. The van der Waals surface area contributed by atoms with Crippen LogP contribution in [0, 0.1) is 11.3 Å². The molecule has 0 radical (unpaired) electrons. The largest absolute Gasteiger partial charge is 0.372 e. The number of rotatable bonds is 5. The van der Waals surface area contributed by atoms with Crippen molar-refractivity contribution >= 4 is 38.2 Å². The summed E-state index contributed by atoms with van der Waals surface area (Å²) in [6.45, 7) is 0.651. The first kappa shape index (κ1) is 16.5. The van der Waals surface area contributed by atoms with Crippen LogP contribution in [0.15, 0.2) is 24.4 Å². The highest BCUT2D eigenvalue weighted by Crippen LogP contribution is 2.30. The molecule has 0 spiro atoms. The molecule has 2 rings (SSSR count). The van der Waals surface area contributed by atoms with E-state index in [9.17, 15) is 13.7 Å². The van der Waals surface area contributed by atoms with Crippen LogP contribution < -0.4 is 9.62 Å². The van der Waals surface area contributed by atoms with Gasteiger partial charge in [0.2, 0.25) is 10.0 Å². The van der Waals surface area contributed by atoms with E-state index in [0.717, 1.165) is 17.2 Å². The first-order valence-corrected chi connectivity index (χ1v) is 8.73. The van der Waals surface area contributed by atoms with Crippen LogP contribution in [0.1, 0.15) is 5.56 Å². The Morgan fingerprint density at radius 2 is 2.18 bits per heavy atom. The predicted octanol–water partition coefficient (Wildman–Crippen LogP) is 1.75. The molecule has 0 aliphatic heterocycles. The van der Waals surface area contributed by atoms with Crippen LogP contribution in [0.3, 0.4) is 0 Å². The maximum Gasteiger partial charge on any atom is 0.208 e. The third-order valence-electron chi connectivity index (χ3n) is 3.12. The van der Waals surface area contributed by atoms with Gasteiger partial charge in [-0.3, -0.25) is 4.98 Å². The molecule has 0 aliphatic rings. The summed E-state index contributed by atoms with van der Waals surface area (Å²) >= 11 is 6.03. The number of nitriles is 1. The van der Waals surface area contributed by atoms with Gasteiger partial charge in [-0.15, -0.1) is 0 Å². The molecule has 6 nitrogen and oxygen atoms in total. The molecule has 0 unspecified atom stereocenters. The summed E-state index contributed by atoms with van der Waals surface area (Å²) in [6, 6.07) is 7.38. The van der Waals surface area contributed by atoms with Crippen LogP contribution in [-0.4, -0.2) is 39.8 Å². The number of pyridine rings is 1. The van der Waals surface area contributed by atoms with Gasteiger partial charge in [-0.2, -0.15) is 5.26 Å². The van der Waals surface area contributed by atoms with Crippen molar-refractivity contribution in [3.8, 4) is 6.07 Å². The molecule has 0 amide bonds. The Morgan fingerprint density at radius 1 is 1.45 bits per heavy atom. The molecule has 8 heteroatoms. The molecular weight excluding hydrogens is 324 g/mol. The van der Waals surface area contributed by atoms with Crippen LogP contribution >= 0.6 is 11.6 Å². The summed E-state index contributed by atoms with van der Waals surface area (Å²) in [5, 5.41) is 10.6. The Labute approximate surface area is 134 Å². The van der Waals surface area contributed by atoms with Gasteiger partial charge >= 0.3 is 0 Å². The topological polar surface area (TPSA) is 86.1 Å². The zero-order valence-electron chi connectivity index (χ0n) is 12.2. The lowest BCUT2D eigenvalue weighted by atomic mass is 10.1. The Kier molecular flexibility index (Phi) is 4.86. The van der Waals surface area contributed by atoms with Crippen LogP contribution in [0.5, 0.6) is 0 Å². The van der Waals surface area contributed by atoms with E-state index in [0.29, 0.717) is 22.8 Å². The van der Waals surface area contributed by atoms with Gasteiger partial charge in [0.1, 0.15) is 6.07 Å². The number of aromatic nitrogens is 1. The predicted molar refractivity (Wildman–Crippen MR) is 87.6 cm³/mol. The first-order valence-electron chi connectivity index (χ1n) is 6.46. The average molecular weight is 339 g/mol. The van der Waals surface area contributed by atoms with Gasteiger partial charge in [0.05, 0.1) is 23.0 Å². The molecule has 0 bridgehead atoms. The summed E-state index contributed by atoms with van der Waals surface area (Å²) in [4.78, 5) is 6.05. The third kappa shape index (κ3) is 3.85.